The number of amides is 1. The monoisotopic (exact) mass is 422 g/mol. The molecule has 3 rings (SSSR count). The highest BCUT2D eigenvalue weighted by molar-refractivity contribution is 7.89. The molecule has 2 aromatic carbocycles. The number of sulfonamides is 1. The zero-order valence-electron chi connectivity index (χ0n) is 16.0. The molecule has 28 heavy (non-hydrogen) atoms. The standard InChI is InChI=1S/C20H23ClN2O4S/c1-20(2)12-17(16-6-4-5-7-18(16)27-20)22-19(24)13-23(3)28(25,26)15-10-8-14(21)9-11-15/h4-11,17H,12-13H2,1-3H3,(H,22,24). The minimum Gasteiger partial charge on any atom is -0.487 e. The Morgan fingerprint density at radius 1 is 1.21 bits per heavy atom. The van der Waals surface area contributed by atoms with Crippen LogP contribution in [0.25, 0.3) is 0 Å². The molecule has 0 aliphatic carbocycles. The number of likely N-dealkylation sites (N-methyl/N-ethyl adjacent to an activating group) is 1. The Hall–Kier alpha value is -2.09. The van der Waals surface area contributed by atoms with Crippen molar-refractivity contribution in [1.29, 1.82) is 0 Å². The molecule has 1 heterocycles. The highest BCUT2D eigenvalue weighted by Gasteiger charge is 2.34. The molecular weight excluding hydrogens is 400 g/mol. The number of fused-ring (bicyclic) bond motifs is 1. The fourth-order valence-corrected chi connectivity index (χ4v) is 4.50. The highest BCUT2D eigenvalue weighted by atomic mass is 35.5. The van der Waals surface area contributed by atoms with Gasteiger partial charge >= 0.3 is 0 Å². The SMILES string of the molecule is CN(CC(=O)NC1CC(C)(C)Oc2ccccc21)S(=O)(=O)c1ccc(Cl)cc1. The second-order valence-electron chi connectivity index (χ2n) is 7.44. The van der Waals surface area contributed by atoms with Crippen molar-refractivity contribution in [1.82, 2.24) is 9.62 Å². The summed E-state index contributed by atoms with van der Waals surface area (Å²) < 4.78 is 32.3. The van der Waals surface area contributed by atoms with Crippen LogP contribution in [0.15, 0.2) is 53.4 Å². The van der Waals surface area contributed by atoms with E-state index < -0.39 is 15.6 Å². The number of halogens is 1. The number of benzene rings is 2. The van der Waals surface area contributed by atoms with Gasteiger partial charge in [0.15, 0.2) is 0 Å². The topological polar surface area (TPSA) is 75.7 Å². The van der Waals surface area contributed by atoms with Crippen molar-refractivity contribution in [2.24, 2.45) is 0 Å². The third-order valence-electron chi connectivity index (χ3n) is 4.60. The Bertz CT molecular complexity index is 974. The second-order valence-corrected chi connectivity index (χ2v) is 9.92. The van der Waals surface area contributed by atoms with Crippen LogP contribution in [0.1, 0.15) is 31.9 Å². The number of carbonyl (C=O) groups excluding carboxylic acids is 1. The summed E-state index contributed by atoms with van der Waals surface area (Å²) in [5.41, 5.74) is 0.450. The third-order valence-corrected chi connectivity index (χ3v) is 6.67. The predicted octanol–water partition coefficient (Wildman–Crippen LogP) is 3.38. The van der Waals surface area contributed by atoms with Crippen LogP contribution in [0, 0.1) is 0 Å². The van der Waals surface area contributed by atoms with Gasteiger partial charge in [0, 0.05) is 24.1 Å². The van der Waals surface area contributed by atoms with Crippen LogP contribution in [-0.4, -0.2) is 37.8 Å². The Kier molecular flexibility index (Phi) is 5.70. The molecule has 1 N–H and O–H groups in total. The lowest BCUT2D eigenvalue weighted by atomic mass is 9.89. The summed E-state index contributed by atoms with van der Waals surface area (Å²) in [5.74, 6) is 0.351. The van der Waals surface area contributed by atoms with Crippen molar-refractivity contribution in [3.05, 3.63) is 59.1 Å². The molecule has 0 radical (unpaired) electrons. The smallest absolute Gasteiger partial charge is 0.243 e. The van der Waals surface area contributed by atoms with Crippen molar-refractivity contribution in [2.75, 3.05) is 13.6 Å². The molecule has 1 aliphatic rings. The fraction of sp³-hybridized carbons (Fsp3) is 0.350. The average molecular weight is 423 g/mol. The number of para-hydroxylation sites is 1. The minimum atomic E-state index is -3.79. The zero-order chi connectivity index (χ0) is 20.5. The Labute approximate surface area is 170 Å². The number of hydrogen-bond donors (Lipinski definition) is 1. The number of ether oxygens (including phenoxy) is 1. The van der Waals surface area contributed by atoms with E-state index in [0.717, 1.165) is 15.6 Å². The minimum absolute atomic E-state index is 0.0877. The van der Waals surface area contributed by atoms with E-state index in [0.29, 0.717) is 11.4 Å². The van der Waals surface area contributed by atoms with Crippen molar-refractivity contribution < 1.29 is 17.9 Å². The quantitative estimate of drug-likeness (QED) is 0.801. The predicted molar refractivity (Wildman–Crippen MR) is 108 cm³/mol. The van der Waals surface area contributed by atoms with Crippen LogP contribution in [0.2, 0.25) is 5.02 Å². The van der Waals surface area contributed by atoms with E-state index in [2.05, 4.69) is 5.32 Å². The van der Waals surface area contributed by atoms with Crippen LogP contribution >= 0.6 is 11.6 Å². The average Bonchev–Trinajstić information content (AvgIpc) is 2.61. The largest absolute Gasteiger partial charge is 0.487 e. The van der Waals surface area contributed by atoms with Gasteiger partial charge < -0.3 is 10.1 Å². The molecule has 0 aromatic heterocycles. The van der Waals surface area contributed by atoms with E-state index in [9.17, 15) is 13.2 Å². The van der Waals surface area contributed by atoms with Gasteiger partial charge in [-0.2, -0.15) is 4.31 Å². The van der Waals surface area contributed by atoms with E-state index in [1.165, 1.54) is 31.3 Å². The summed E-state index contributed by atoms with van der Waals surface area (Å²) in [4.78, 5) is 12.7. The summed E-state index contributed by atoms with van der Waals surface area (Å²) in [5, 5.41) is 3.39. The lowest BCUT2D eigenvalue weighted by Gasteiger charge is -2.38. The fourth-order valence-electron chi connectivity index (χ4n) is 3.24. The van der Waals surface area contributed by atoms with Crippen molar-refractivity contribution in [2.45, 2.75) is 36.8 Å². The molecule has 6 nitrogen and oxygen atoms in total. The molecular formula is C20H23ClN2O4S. The molecule has 1 aliphatic heterocycles. The van der Waals surface area contributed by atoms with Gasteiger partial charge in [0.1, 0.15) is 11.4 Å². The van der Waals surface area contributed by atoms with E-state index >= 15 is 0 Å². The normalized spacial score (nSPS) is 18.2. The molecule has 0 saturated heterocycles. The van der Waals surface area contributed by atoms with Gasteiger partial charge in [-0.1, -0.05) is 29.8 Å². The second kappa shape index (κ2) is 7.73. The van der Waals surface area contributed by atoms with Gasteiger partial charge in [-0.05, 0) is 44.2 Å². The summed E-state index contributed by atoms with van der Waals surface area (Å²) >= 11 is 5.82. The molecule has 1 amide bonds. The number of carbonyl (C=O) groups is 1. The summed E-state index contributed by atoms with van der Waals surface area (Å²) in [6.07, 6.45) is 0.587. The maximum absolute atomic E-state index is 12.7. The number of nitrogens with one attached hydrogen (secondary N) is 1. The van der Waals surface area contributed by atoms with Crippen LogP contribution in [0.3, 0.4) is 0 Å². The van der Waals surface area contributed by atoms with Crippen molar-refractivity contribution >= 4 is 27.5 Å². The van der Waals surface area contributed by atoms with Crippen LogP contribution in [-0.2, 0) is 14.8 Å². The first kappa shape index (κ1) is 20.6. The summed E-state index contributed by atoms with van der Waals surface area (Å²) in [6.45, 7) is 3.63. The lowest BCUT2D eigenvalue weighted by Crippen LogP contribution is -2.44. The lowest BCUT2D eigenvalue weighted by molar-refractivity contribution is -0.122. The van der Waals surface area contributed by atoms with Crippen LogP contribution in [0.4, 0.5) is 0 Å². The maximum Gasteiger partial charge on any atom is 0.243 e. The molecule has 0 saturated carbocycles. The number of rotatable bonds is 5. The van der Waals surface area contributed by atoms with Crippen LogP contribution in [0.5, 0.6) is 5.75 Å². The van der Waals surface area contributed by atoms with E-state index in [1.54, 1.807) is 0 Å². The van der Waals surface area contributed by atoms with Gasteiger partial charge in [0.05, 0.1) is 17.5 Å². The summed E-state index contributed by atoms with van der Waals surface area (Å²) in [7, 11) is -2.41. The van der Waals surface area contributed by atoms with Gasteiger partial charge in [-0.15, -0.1) is 0 Å². The number of hydrogen-bond acceptors (Lipinski definition) is 4. The first-order chi connectivity index (χ1) is 13.1. The molecule has 0 spiro atoms. The van der Waals surface area contributed by atoms with Crippen LogP contribution < -0.4 is 10.1 Å². The van der Waals surface area contributed by atoms with Crippen molar-refractivity contribution in [3.8, 4) is 5.75 Å². The van der Waals surface area contributed by atoms with E-state index in [4.69, 9.17) is 16.3 Å². The molecule has 1 unspecified atom stereocenters. The number of nitrogens with zero attached hydrogens (tertiary/aromatic N) is 1. The highest BCUT2D eigenvalue weighted by Crippen LogP contribution is 2.39. The first-order valence-electron chi connectivity index (χ1n) is 8.88. The van der Waals surface area contributed by atoms with E-state index in [1.807, 2.05) is 38.1 Å². The Balaban J connectivity index is 1.72. The summed E-state index contributed by atoms with van der Waals surface area (Å²) in [6, 6.07) is 13.1. The third kappa shape index (κ3) is 4.48. The van der Waals surface area contributed by atoms with Crippen molar-refractivity contribution in [3.63, 3.8) is 0 Å². The molecule has 0 bridgehead atoms. The van der Waals surface area contributed by atoms with E-state index in [-0.39, 0.29) is 23.4 Å². The van der Waals surface area contributed by atoms with Gasteiger partial charge in [-0.25, -0.2) is 8.42 Å². The maximum atomic E-state index is 12.7. The molecule has 8 heteroatoms. The first-order valence-corrected chi connectivity index (χ1v) is 10.7. The van der Waals surface area contributed by atoms with Gasteiger partial charge in [0.2, 0.25) is 15.9 Å². The molecule has 150 valence electrons. The molecule has 2 aromatic rings. The Morgan fingerprint density at radius 3 is 2.54 bits per heavy atom. The van der Waals surface area contributed by atoms with Gasteiger partial charge in [-0.3, -0.25) is 4.79 Å². The van der Waals surface area contributed by atoms with Gasteiger partial charge in [0.25, 0.3) is 0 Å². The zero-order valence-corrected chi connectivity index (χ0v) is 17.5. The molecule has 1 atom stereocenters. The Morgan fingerprint density at radius 2 is 1.86 bits per heavy atom. The molecule has 0 fully saturated rings.